The quantitative estimate of drug-likeness (QED) is 0.452. The van der Waals surface area contributed by atoms with Crippen LogP contribution in [0.2, 0.25) is 0 Å². The first kappa shape index (κ1) is 22.1. The van der Waals surface area contributed by atoms with Crippen molar-refractivity contribution in [1.29, 1.82) is 0 Å². The number of hydrogen-bond acceptors (Lipinski definition) is 5. The summed E-state index contributed by atoms with van der Waals surface area (Å²) in [5.41, 5.74) is 8.07. The Kier molecular flexibility index (Phi) is 6.11. The molecule has 5 rings (SSSR count). The minimum absolute atomic E-state index is 0.0787. The Morgan fingerprint density at radius 3 is 2.70 bits per heavy atom. The highest BCUT2D eigenvalue weighted by Gasteiger charge is 2.32. The molecule has 1 amide bonds. The number of aromatic amines is 1. The Labute approximate surface area is 186 Å². The Balaban J connectivity index is 0.000000172. The zero-order valence-corrected chi connectivity index (χ0v) is 17.3. The summed E-state index contributed by atoms with van der Waals surface area (Å²) in [5.74, 6) is -0.105. The highest BCUT2D eigenvalue weighted by Crippen LogP contribution is 2.31. The molecule has 3 N–H and O–H groups in total. The molecule has 5 heterocycles. The number of aromatic nitrogens is 5. The van der Waals surface area contributed by atoms with E-state index in [1.807, 2.05) is 6.07 Å². The van der Waals surface area contributed by atoms with Gasteiger partial charge in [0.25, 0.3) is 5.91 Å². The number of amides is 1. The van der Waals surface area contributed by atoms with E-state index in [2.05, 4.69) is 20.1 Å². The lowest BCUT2D eigenvalue weighted by Gasteiger charge is -2.27. The molecule has 0 radical (unpaired) electrons. The van der Waals surface area contributed by atoms with Gasteiger partial charge < -0.3 is 15.6 Å². The maximum Gasteiger partial charge on any atom is 0.418 e. The molecular weight excluding hydrogens is 435 g/mol. The van der Waals surface area contributed by atoms with Gasteiger partial charge in [-0.3, -0.25) is 9.78 Å². The molecular formula is C22H20F3N7O. The summed E-state index contributed by atoms with van der Waals surface area (Å²) in [6.07, 6.45) is 3.89. The normalized spacial score (nSPS) is 13.9. The van der Waals surface area contributed by atoms with Crippen LogP contribution >= 0.6 is 0 Å². The molecule has 0 bridgehead atoms. The number of carbonyl (C=O) groups is 1. The lowest BCUT2D eigenvalue weighted by molar-refractivity contribution is -0.136. The van der Waals surface area contributed by atoms with Crippen LogP contribution in [-0.4, -0.2) is 41.9 Å². The van der Waals surface area contributed by atoms with Crippen LogP contribution in [0.25, 0.3) is 11.1 Å². The van der Waals surface area contributed by atoms with E-state index in [1.165, 1.54) is 35.2 Å². The number of pyridine rings is 2. The Morgan fingerprint density at radius 2 is 1.97 bits per heavy atom. The second-order valence-corrected chi connectivity index (χ2v) is 7.18. The van der Waals surface area contributed by atoms with Gasteiger partial charge in [0.05, 0.1) is 46.6 Å². The van der Waals surface area contributed by atoms with Crippen molar-refractivity contribution in [2.24, 2.45) is 5.73 Å². The molecule has 0 spiro atoms. The van der Waals surface area contributed by atoms with Crippen molar-refractivity contribution in [3.05, 3.63) is 90.2 Å². The van der Waals surface area contributed by atoms with Gasteiger partial charge in [0, 0.05) is 37.8 Å². The zero-order valence-electron chi connectivity index (χ0n) is 17.3. The Bertz CT molecular complexity index is 1280. The van der Waals surface area contributed by atoms with Crippen LogP contribution in [-0.2, 0) is 23.9 Å². The molecule has 0 atom stereocenters. The fourth-order valence-corrected chi connectivity index (χ4v) is 3.54. The summed E-state index contributed by atoms with van der Waals surface area (Å²) < 4.78 is 38.3. The summed E-state index contributed by atoms with van der Waals surface area (Å²) in [5, 5.41) is 3.71. The van der Waals surface area contributed by atoms with E-state index >= 15 is 0 Å². The van der Waals surface area contributed by atoms with E-state index in [-0.39, 0.29) is 11.4 Å². The lowest BCUT2D eigenvalue weighted by Crippen LogP contribution is -2.36. The highest BCUT2D eigenvalue weighted by molar-refractivity contribution is 6.18. The number of H-pyrrole nitrogens is 1. The number of fused-ring (bicyclic) bond motifs is 2. The second kappa shape index (κ2) is 9.15. The number of hydrogen-bond donors (Lipinski definition) is 2. The van der Waals surface area contributed by atoms with Crippen molar-refractivity contribution in [3.8, 4) is 0 Å². The smallest absolute Gasteiger partial charge is 0.404 e. The number of nitrogens with one attached hydrogen (secondary N) is 1. The number of halogens is 3. The fraction of sp³-hybridized carbons (Fsp3) is 0.182. The van der Waals surface area contributed by atoms with Crippen molar-refractivity contribution in [2.45, 2.75) is 19.1 Å². The molecule has 4 aromatic rings. The third-order valence-electron chi connectivity index (χ3n) is 5.14. The molecule has 0 saturated heterocycles. The molecule has 1 aliphatic rings. The van der Waals surface area contributed by atoms with Crippen molar-refractivity contribution < 1.29 is 18.0 Å². The third-order valence-corrected chi connectivity index (χ3v) is 5.14. The molecule has 8 nitrogen and oxygen atoms in total. The number of imidazole rings is 1. The average Bonchev–Trinajstić information content (AvgIpc) is 3.48. The van der Waals surface area contributed by atoms with Gasteiger partial charge in [0.1, 0.15) is 0 Å². The first-order valence-electron chi connectivity index (χ1n) is 10.0. The topological polar surface area (TPSA) is 105 Å². The first-order valence-corrected chi connectivity index (χ1v) is 10.0. The molecule has 33 heavy (non-hydrogen) atoms. The summed E-state index contributed by atoms with van der Waals surface area (Å²) in [6.45, 7) is 1.17. The second-order valence-electron chi connectivity index (χ2n) is 7.18. The summed E-state index contributed by atoms with van der Waals surface area (Å²) in [7, 11) is 0. The molecule has 1 aliphatic heterocycles. The third kappa shape index (κ3) is 4.71. The summed E-state index contributed by atoms with van der Waals surface area (Å²) >= 11 is 0. The zero-order chi connectivity index (χ0) is 23.4. The van der Waals surface area contributed by atoms with Gasteiger partial charge in [0.2, 0.25) is 0 Å². The van der Waals surface area contributed by atoms with Crippen LogP contribution in [0.4, 0.5) is 13.2 Å². The van der Waals surface area contributed by atoms with Crippen molar-refractivity contribution in [3.63, 3.8) is 0 Å². The van der Waals surface area contributed by atoms with Crippen LogP contribution in [0.5, 0.6) is 0 Å². The van der Waals surface area contributed by atoms with Gasteiger partial charge in [-0.05, 0) is 30.3 Å². The van der Waals surface area contributed by atoms with Crippen molar-refractivity contribution in [2.75, 3.05) is 6.54 Å². The van der Waals surface area contributed by atoms with Crippen LogP contribution in [0, 0.1) is 0 Å². The van der Waals surface area contributed by atoms with E-state index in [1.54, 1.807) is 29.6 Å². The SMILES string of the molecule is FC(F)(F)c1cccn2nccc12.N/C=C(/C(=O)N1CCc2nc[nH]c2C1)c1ccccn1. The molecule has 170 valence electrons. The monoisotopic (exact) mass is 455 g/mol. The Morgan fingerprint density at radius 1 is 1.12 bits per heavy atom. The number of nitrogens with zero attached hydrogens (tertiary/aromatic N) is 5. The minimum atomic E-state index is -4.32. The van der Waals surface area contributed by atoms with Crippen LogP contribution < -0.4 is 5.73 Å². The summed E-state index contributed by atoms with van der Waals surface area (Å²) in [6, 6.07) is 9.12. The number of rotatable bonds is 2. The van der Waals surface area contributed by atoms with Gasteiger partial charge in [-0.25, -0.2) is 9.50 Å². The molecule has 4 aromatic heterocycles. The largest absolute Gasteiger partial charge is 0.418 e. The Hall–Kier alpha value is -4.15. The molecule has 0 aromatic carbocycles. The molecule has 0 fully saturated rings. The lowest BCUT2D eigenvalue weighted by atomic mass is 10.1. The number of nitrogens with two attached hydrogens (primary N) is 1. The standard InChI is InChI=1S/C14H15N5O.C8H5F3N2/c15-7-10(11-3-1-2-5-16-11)14(20)19-6-4-12-13(8-19)18-9-17-12;9-8(10,11)6-2-1-5-13-7(6)3-4-12-13/h1-3,5,7,9H,4,6,8,15H2,(H,17,18);1-5H/b10-7+;. The molecule has 11 heteroatoms. The fourth-order valence-electron chi connectivity index (χ4n) is 3.54. The van der Waals surface area contributed by atoms with Gasteiger partial charge in [0.15, 0.2) is 0 Å². The van der Waals surface area contributed by atoms with Gasteiger partial charge >= 0.3 is 6.18 Å². The molecule has 0 unspecified atom stereocenters. The summed E-state index contributed by atoms with van der Waals surface area (Å²) in [4.78, 5) is 25.8. The van der Waals surface area contributed by atoms with Crippen molar-refractivity contribution >= 4 is 17.0 Å². The van der Waals surface area contributed by atoms with Crippen molar-refractivity contribution in [1.82, 2.24) is 29.5 Å². The maximum absolute atomic E-state index is 12.6. The van der Waals surface area contributed by atoms with Gasteiger partial charge in [-0.1, -0.05) is 6.07 Å². The van der Waals surface area contributed by atoms with E-state index < -0.39 is 11.7 Å². The van der Waals surface area contributed by atoms with Crippen LogP contribution in [0.15, 0.2) is 67.5 Å². The predicted molar refractivity (Wildman–Crippen MR) is 114 cm³/mol. The minimum Gasteiger partial charge on any atom is -0.404 e. The van der Waals surface area contributed by atoms with E-state index in [0.717, 1.165) is 23.9 Å². The number of carbonyl (C=O) groups excluding carboxylic acids is 1. The average molecular weight is 455 g/mol. The van der Waals surface area contributed by atoms with E-state index in [4.69, 9.17) is 5.73 Å². The first-order chi connectivity index (χ1) is 15.9. The van der Waals surface area contributed by atoms with Crippen LogP contribution in [0.1, 0.15) is 22.6 Å². The molecule has 0 aliphatic carbocycles. The van der Waals surface area contributed by atoms with E-state index in [9.17, 15) is 18.0 Å². The molecule has 0 saturated carbocycles. The van der Waals surface area contributed by atoms with Gasteiger partial charge in [-0.15, -0.1) is 0 Å². The predicted octanol–water partition coefficient (Wildman–Crippen LogP) is 3.04. The number of alkyl halides is 3. The van der Waals surface area contributed by atoms with Gasteiger partial charge in [-0.2, -0.15) is 18.3 Å². The van der Waals surface area contributed by atoms with Crippen LogP contribution in [0.3, 0.4) is 0 Å². The van der Waals surface area contributed by atoms with E-state index in [0.29, 0.717) is 24.4 Å². The highest BCUT2D eigenvalue weighted by atomic mass is 19.4. The maximum atomic E-state index is 12.6.